The molecule has 1 amide bonds. The Morgan fingerprint density at radius 3 is 2.75 bits per heavy atom. The van der Waals surface area contributed by atoms with E-state index in [1.54, 1.807) is 0 Å². The van der Waals surface area contributed by atoms with E-state index in [0.717, 1.165) is 57.1 Å². The molecule has 0 bridgehead atoms. The van der Waals surface area contributed by atoms with E-state index in [0.29, 0.717) is 5.16 Å². The summed E-state index contributed by atoms with van der Waals surface area (Å²) in [7, 11) is 0. The van der Waals surface area contributed by atoms with Gasteiger partial charge < -0.3 is 19.9 Å². The molecule has 28 heavy (non-hydrogen) atoms. The Morgan fingerprint density at radius 2 is 2.04 bits per heavy atom. The number of hydrogen-bond donors (Lipinski definition) is 3. The normalized spacial score (nSPS) is 14.8. The number of aryl methyl sites for hydroxylation is 1. The van der Waals surface area contributed by atoms with Gasteiger partial charge in [0.15, 0.2) is 5.16 Å². The van der Waals surface area contributed by atoms with E-state index in [4.69, 9.17) is 4.74 Å². The van der Waals surface area contributed by atoms with Crippen molar-refractivity contribution in [2.45, 2.75) is 31.5 Å². The lowest BCUT2D eigenvalue weighted by atomic mass is 10.2. The third-order valence-corrected chi connectivity index (χ3v) is 5.38. The van der Waals surface area contributed by atoms with Crippen molar-refractivity contribution in [2.24, 2.45) is 0 Å². The van der Waals surface area contributed by atoms with Crippen LogP contribution in [0.15, 0.2) is 40.3 Å². The molecule has 3 rings (SSSR count). The molecule has 3 N–H and O–H groups in total. The molecule has 1 aromatic carbocycles. The van der Waals surface area contributed by atoms with Crippen molar-refractivity contribution >= 4 is 23.4 Å². The second kappa shape index (κ2) is 10.4. The highest BCUT2D eigenvalue weighted by atomic mass is 32.2. The SMILES string of the molecule is CCCc1cc(=O)[nH]c(SCC(=O)Nc2ccc(C[NH+]3CCOCC3)cc2)n1. The second-order valence-electron chi connectivity index (χ2n) is 6.86. The van der Waals surface area contributed by atoms with Gasteiger partial charge in [-0.3, -0.25) is 9.59 Å². The second-order valence-corrected chi connectivity index (χ2v) is 7.83. The Morgan fingerprint density at radius 1 is 1.29 bits per heavy atom. The van der Waals surface area contributed by atoms with Gasteiger partial charge in [-0.2, -0.15) is 0 Å². The lowest BCUT2D eigenvalue weighted by Gasteiger charge is -2.23. The van der Waals surface area contributed by atoms with Gasteiger partial charge in [-0.05, 0) is 18.6 Å². The highest BCUT2D eigenvalue weighted by molar-refractivity contribution is 7.99. The summed E-state index contributed by atoms with van der Waals surface area (Å²) in [5.41, 5.74) is 2.60. The van der Waals surface area contributed by atoms with Crippen LogP contribution in [0.4, 0.5) is 5.69 Å². The summed E-state index contributed by atoms with van der Waals surface area (Å²) in [4.78, 5) is 32.5. The van der Waals surface area contributed by atoms with Crippen LogP contribution in [0.25, 0.3) is 0 Å². The standard InChI is InChI=1S/C20H26N4O3S/c1-2-3-17-12-18(25)23-20(22-17)28-14-19(26)21-16-6-4-15(5-7-16)13-24-8-10-27-11-9-24/h4-7,12H,2-3,8-11,13-14H2,1H3,(H,21,26)(H,22,23,25)/p+1. The average molecular weight is 404 g/mol. The Hall–Kier alpha value is -2.16. The highest BCUT2D eigenvalue weighted by Gasteiger charge is 2.14. The molecule has 1 aromatic heterocycles. The van der Waals surface area contributed by atoms with E-state index >= 15 is 0 Å². The molecule has 2 heterocycles. The van der Waals surface area contributed by atoms with Crippen LogP contribution in [0.3, 0.4) is 0 Å². The summed E-state index contributed by atoms with van der Waals surface area (Å²) in [6, 6.07) is 9.48. The number of rotatable bonds is 8. The van der Waals surface area contributed by atoms with E-state index in [1.807, 2.05) is 19.1 Å². The number of hydrogen-bond acceptors (Lipinski definition) is 5. The highest BCUT2D eigenvalue weighted by Crippen LogP contribution is 2.14. The number of morpholine rings is 1. The number of anilines is 1. The Kier molecular flexibility index (Phi) is 7.64. The minimum absolute atomic E-state index is 0.125. The molecule has 1 aliphatic heterocycles. The van der Waals surface area contributed by atoms with Gasteiger partial charge in [0.1, 0.15) is 19.6 Å². The van der Waals surface area contributed by atoms with Crippen molar-refractivity contribution in [3.05, 3.63) is 51.9 Å². The fourth-order valence-corrected chi connectivity index (χ4v) is 3.79. The van der Waals surface area contributed by atoms with Gasteiger partial charge in [-0.1, -0.05) is 37.2 Å². The lowest BCUT2D eigenvalue weighted by molar-refractivity contribution is -0.921. The predicted octanol–water partition coefficient (Wildman–Crippen LogP) is 0.868. The van der Waals surface area contributed by atoms with Crippen LogP contribution < -0.4 is 15.8 Å². The van der Waals surface area contributed by atoms with Crippen molar-refractivity contribution in [1.82, 2.24) is 9.97 Å². The van der Waals surface area contributed by atoms with Crippen molar-refractivity contribution in [2.75, 3.05) is 37.4 Å². The zero-order valence-electron chi connectivity index (χ0n) is 16.1. The minimum Gasteiger partial charge on any atom is -0.370 e. The van der Waals surface area contributed by atoms with Crippen LogP contribution in [0.5, 0.6) is 0 Å². The maximum Gasteiger partial charge on any atom is 0.251 e. The first-order chi connectivity index (χ1) is 13.6. The van der Waals surface area contributed by atoms with Crippen LogP contribution in [0.1, 0.15) is 24.6 Å². The number of aromatic nitrogens is 2. The molecule has 0 atom stereocenters. The van der Waals surface area contributed by atoms with Gasteiger partial charge in [-0.15, -0.1) is 0 Å². The molecule has 0 unspecified atom stereocenters. The Labute approximate surface area is 168 Å². The summed E-state index contributed by atoms with van der Waals surface area (Å²) in [6.07, 6.45) is 1.67. The predicted molar refractivity (Wildman–Crippen MR) is 110 cm³/mol. The smallest absolute Gasteiger partial charge is 0.251 e. The van der Waals surface area contributed by atoms with Crippen LogP contribution in [0.2, 0.25) is 0 Å². The van der Waals surface area contributed by atoms with E-state index in [1.165, 1.54) is 28.3 Å². The number of carbonyl (C=O) groups is 1. The maximum absolute atomic E-state index is 12.2. The molecular weight excluding hydrogens is 376 g/mol. The van der Waals surface area contributed by atoms with E-state index in [2.05, 4.69) is 27.4 Å². The van der Waals surface area contributed by atoms with Gasteiger partial charge in [0, 0.05) is 23.0 Å². The van der Waals surface area contributed by atoms with Crippen molar-refractivity contribution in [3.8, 4) is 0 Å². The molecule has 0 saturated carbocycles. The topological polar surface area (TPSA) is 88.5 Å². The summed E-state index contributed by atoms with van der Waals surface area (Å²) < 4.78 is 5.39. The van der Waals surface area contributed by atoms with Crippen molar-refractivity contribution in [1.29, 1.82) is 0 Å². The van der Waals surface area contributed by atoms with E-state index < -0.39 is 0 Å². The quantitative estimate of drug-likeness (QED) is 0.450. The summed E-state index contributed by atoms with van der Waals surface area (Å²) >= 11 is 1.23. The van der Waals surface area contributed by atoms with Crippen molar-refractivity contribution in [3.63, 3.8) is 0 Å². The van der Waals surface area contributed by atoms with Crippen LogP contribution in [-0.2, 0) is 22.5 Å². The zero-order chi connectivity index (χ0) is 19.8. The Balaban J connectivity index is 1.48. The van der Waals surface area contributed by atoms with Gasteiger partial charge in [-0.25, -0.2) is 4.98 Å². The first-order valence-electron chi connectivity index (χ1n) is 9.65. The average Bonchev–Trinajstić information content (AvgIpc) is 2.69. The number of quaternary nitrogens is 1. The first-order valence-corrected chi connectivity index (χ1v) is 10.6. The number of ether oxygens (including phenoxy) is 1. The monoisotopic (exact) mass is 403 g/mol. The molecule has 7 nitrogen and oxygen atoms in total. The van der Waals surface area contributed by atoms with E-state index in [-0.39, 0.29) is 17.2 Å². The fourth-order valence-electron chi connectivity index (χ4n) is 3.10. The number of carbonyl (C=O) groups excluding carboxylic acids is 1. The number of benzene rings is 1. The van der Waals surface area contributed by atoms with Crippen LogP contribution in [-0.4, -0.2) is 47.9 Å². The third kappa shape index (κ3) is 6.47. The summed E-state index contributed by atoms with van der Waals surface area (Å²) in [5.74, 6) is 0.0677. The van der Waals surface area contributed by atoms with Crippen LogP contribution >= 0.6 is 11.8 Å². The number of aromatic amines is 1. The number of nitrogens with one attached hydrogen (secondary N) is 3. The molecular formula is C20H27N4O3S+. The number of nitrogens with zero attached hydrogens (tertiary/aromatic N) is 1. The third-order valence-electron chi connectivity index (χ3n) is 4.51. The summed E-state index contributed by atoms with van der Waals surface area (Å²) in [5, 5.41) is 3.37. The van der Waals surface area contributed by atoms with Crippen molar-refractivity contribution < 1.29 is 14.4 Å². The Bertz CT molecular complexity index is 832. The molecule has 1 saturated heterocycles. The van der Waals surface area contributed by atoms with Gasteiger partial charge in [0.05, 0.1) is 19.0 Å². The molecule has 1 aliphatic rings. The molecule has 150 valence electrons. The molecule has 0 spiro atoms. The molecule has 0 aliphatic carbocycles. The maximum atomic E-state index is 12.2. The molecule has 2 aromatic rings. The largest absolute Gasteiger partial charge is 0.370 e. The number of amides is 1. The van der Waals surface area contributed by atoms with Gasteiger partial charge in [0.2, 0.25) is 5.91 Å². The summed E-state index contributed by atoms with van der Waals surface area (Å²) in [6.45, 7) is 6.72. The van der Waals surface area contributed by atoms with Gasteiger partial charge in [0.25, 0.3) is 5.56 Å². The minimum atomic E-state index is -0.181. The van der Waals surface area contributed by atoms with Gasteiger partial charge >= 0.3 is 0 Å². The van der Waals surface area contributed by atoms with E-state index in [9.17, 15) is 9.59 Å². The molecule has 0 radical (unpaired) electrons. The number of H-pyrrole nitrogens is 1. The zero-order valence-corrected chi connectivity index (χ0v) is 16.9. The fraction of sp³-hybridized carbons (Fsp3) is 0.450. The first kappa shape index (κ1) is 20.6. The molecule has 1 fully saturated rings. The molecule has 8 heteroatoms. The van der Waals surface area contributed by atoms with Crippen LogP contribution in [0, 0.1) is 0 Å². The number of thioether (sulfide) groups is 1. The lowest BCUT2D eigenvalue weighted by Crippen LogP contribution is -3.12.